The minimum absolute atomic E-state index is 0.0266. The van der Waals surface area contributed by atoms with Gasteiger partial charge in [-0.15, -0.1) is 5.10 Å². The summed E-state index contributed by atoms with van der Waals surface area (Å²) in [7, 11) is 0. The van der Waals surface area contributed by atoms with Crippen molar-refractivity contribution in [2.75, 3.05) is 11.1 Å². The predicted molar refractivity (Wildman–Crippen MR) is 99.1 cm³/mol. The van der Waals surface area contributed by atoms with Crippen LogP contribution >= 0.6 is 11.8 Å². The molecule has 0 radical (unpaired) electrons. The van der Waals surface area contributed by atoms with Crippen LogP contribution in [-0.4, -0.2) is 31.9 Å². The number of thioether (sulfide) groups is 1. The van der Waals surface area contributed by atoms with Gasteiger partial charge in [0.25, 0.3) is 0 Å². The first kappa shape index (κ1) is 19.0. The molecule has 0 atom stereocenters. The first-order chi connectivity index (χ1) is 12.8. The lowest BCUT2D eigenvalue weighted by atomic mass is 10.1. The van der Waals surface area contributed by atoms with Crippen LogP contribution < -0.4 is 5.32 Å². The number of aromatic nitrogens is 4. The highest BCUT2D eigenvalue weighted by molar-refractivity contribution is 7.99. The fraction of sp³-hybridized carbons (Fsp3) is 0.222. The van der Waals surface area contributed by atoms with E-state index in [9.17, 15) is 13.6 Å². The molecule has 1 N–H and O–H groups in total. The number of hydrogen-bond acceptors (Lipinski definition) is 5. The van der Waals surface area contributed by atoms with Gasteiger partial charge in [-0.1, -0.05) is 29.5 Å². The molecule has 0 bridgehead atoms. The molecule has 3 aromatic rings. The SMILES string of the molecule is Cc1cc(C)c(-n2nnnc2SCC(=O)Nc2ccc(F)cc2F)c(C)c1. The summed E-state index contributed by atoms with van der Waals surface area (Å²) in [4.78, 5) is 12.1. The maximum atomic E-state index is 13.6. The Kier molecular flexibility index (Phi) is 5.50. The van der Waals surface area contributed by atoms with Gasteiger partial charge in [0.05, 0.1) is 17.1 Å². The zero-order valence-electron chi connectivity index (χ0n) is 15.0. The molecule has 0 unspecified atom stereocenters. The monoisotopic (exact) mass is 389 g/mol. The zero-order chi connectivity index (χ0) is 19.6. The average Bonchev–Trinajstić information content (AvgIpc) is 3.03. The molecule has 0 saturated heterocycles. The van der Waals surface area contributed by atoms with Gasteiger partial charge in [-0.25, -0.2) is 8.78 Å². The smallest absolute Gasteiger partial charge is 0.234 e. The molecule has 6 nitrogen and oxygen atoms in total. The Morgan fingerprint density at radius 3 is 2.52 bits per heavy atom. The average molecular weight is 389 g/mol. The van der Waals surface area contributed by atoms with E-state index in [0.717, 1.165) is 40.2 Å². The van der Waals surface area contributed by atoms with Gasteiger partial charge in [0.15, 0.2) is 0 Å². The van der Waals surface area contributed by atoms with Crippen molar-refractivity contribution in [2.24, 2.45) is 0 Å². The van der Waals surface area contributed by atoms with E-state index in [1.807, 2.05) is 32.9 Å². The van der Waals surface area contributed by atoms with E-state index < -0.39 is 17.5 Å². The summed E-state index contributed by atoms with van der Waals surface area (Å²) in [6, 6.07) is 7.03. The molecule has 1 amide bonds. The first-order valence-electron chi connectivity index (χ1n) is 8.09. The van der Waals surface area contributed by atoms with E-state index in [1.165, 1.54) is 6.07 Å². The van der Waals surface area contributed by atoms with Crippen LogP contribution in [-0.2, 0) is 4.79 Å². The van der Waals surface area contributed by atoms with Crippen molar-refractivity contribution in [3.63, 3.8) is 0 Å². The molecule has 0 aliphatic rings. The quantitative estimate of drug-likeness (QED) is 0.675. The Hall–Kier alpha value is -2.81. The molecule has 0 fully saturated rings. The summed E-state index contributed by atoms with van der Waals surface area (Å²) in [5.41, 5.74) is 3.95. The molecule has 0 aliphatic carbocycles. The van der Waals surface area contributed by atoms with Gasteiger partial charge in [-0.05, 0) is 54.5 Å². The van der Waals surface area contributed by atoms with Crippen LogP contribution in [0.15, 0.2) is 35.5 Å². The maximum absolute atomic E-state index is 13.6. The molecule has 0 aliphatic heterocycles. The van der Waals surface area contributed by atoms with Gasteiger partial charge < -0.3 is 5.32 Å². The Morgan fingerprint density at radius 1 is 1.15 bits per heavy atom. The lowest BCUT2D eigenvalue weighted by Crippen LogP contribution is -2.16. The highest BCUT2D eigenvalue weighted by Crippen LogP contribution is 2.25. The standard InChI is InChI=1S/C18H17F2N5OS/c1-10-6-11(2)17(12(3)7-10)25-18(22-23-24-25)27-9-16(26)21-15-5-4-13(19)8-14(15)20/h4-8H,9H2,1-3H3,(H,21,26). The van der Waals surface area contributed by atoms with Crippen molar-refractivity contribution >= 4 is 23.4 Å². The van der Waals surface area contributed by atoms with E-state index in [4.69, 9.17) is 0 Å². The molecule has 0 spiro atoms. The number of amides is 1. The Balaban J connectivity index is 1.73. The second-order valence-electron chi connectivity index (χ2n) is 6.08. The molecule has 140 valence electrons. The van der Waals surface area contributed by atoms with Crippen molar-refractivity contribution in [1.82, 2.24) is 20.2 Å². The number of hydrogen-bond donors (Lipinski definition) is 1. The summed E-state index contributed by atoms with van der Waals surface area (Å²) >= 11 is 1.12. The normalized spacial score (nSPS) is 10.9. The van der Waals surface area contributed by atoms with Gasteiger partial charge in [0.1, 0.15) is 11.6 Å². The number of rotatable bonds is 5. The van der Waals surface area contributed by atoms with Crippen LogP contribution in [0.5, 0.6) is 0 Å². The van der Waals surface area contributed by atoms with Gasteiger partial charge in [0, 0.05) is 6.07 Å². The third-order valence-corrected chi connectivity index (χ3v) is 4.74. The zero-order valence-corrected chi connectivity index (χ0v) is 15.8. The lowest BCUT2D eigenvalue weighted by molar-refractivity contribution is -0.113. The number of carbonyl (C=O) groups is 1. The molecule has 3 rings (SSSR count). The Morgan fingerprint density at radius 2 is 1.85 bits per heavy atom. The summed E-state index contributed by atoms with van der Waals surface area (Å²) in [6.45, 7) is 5.95. The number of tetrazole rings is 1. The Bertz CT molecular complexity index is 982. The second kappa shape index (κ2) is 7.83. The summed E-state index contributed by atoms with van der Waals surface area (Å²) in [6.07, 6.45) is 0. The fourth-order valence-corrected chi connectivity index (χ4v) is 3.50. The largest absolute Gasteiger partial charge is 0.323 e. The molecule has 2 aromatic carbocycles. The molecule has 1 aromatic heterocycles. The van der Waals surface area contributed by atoms with Gasteiger partial charge in [0.2, 0.25) is 11.1 Å². The van der Waals surface area contributed by atoms with Crippen LogP contribution in [0.3, 0.4) is 0 Å². The third-order valence-electron chi connectivity index (χ3n) is 3.83. The topological polar surface area (TPSA) is 72.7 Å². The van der Waals surface area contributed by atoms with Crippen LogP contribution in [0.2, 0.25) is 0 Å². The highest BCUT2D eigenvalue weighted by Gasteiger charge is 2.16. The van der Waals surface area contributed by atoms with Crippen LogP contribution in [0.25, 0.3) is 5.69 Å². The molecule has 27 heavy (non-hydrogen) atoms. The number of nitrogens with one attached hydrogen (secondary N) is 1. The van der Waals surface area contributed by atoms with Crippen molar-refractivity contribution in [3.8, 4) is 5.69 Å². The molecule has 1 heterocycles. The number of aryl methyl sites for hydroxylation is 3. The number of benzene rings is 2. The second-order valence-corrected chi connectivity index (χ2v) is 7.02. The highest BCUT2D eigenvalue weighted by atomic mass is 32.2. The molecule has 0 saturated carbocycles. The molecule has 9 heteroatoms. The molecular formula is C18H17F2N5OS. The minimum Gasteiger partial charge on any atom is -0.323 e. The van der Waals surface area contributed by atoms with Crippen LogP contribution in [0.1, 0.15) is 16.7 Å². The summed E-state index contributed by atoms with van der Waals surface area (Å²) < 4.78 is 28.2. The molecular weight excluding hydrogens is 372 g/mol. The third kappa shape index (κ3) is 4.30. The first-order valence-corrected chi connectivity index (χ1v) is 9.08. The van der Waals surface area contributed by atoms with Crippen molar-refractivity contribution in [1.29, 1.82) is 0 Å². The number of anilines is 1. The number of carbonyl (C=O) groups excluding carboxylic acids is 1. The van der Waals surface area contributed by atoms with Gasteiger partial charge >= 0.3 is 0 Å². The maximum Gasteiger partial charge on any atom is 0.234 e. The minimum atomic E-state index is -0.830. The van der Waals surface area contributed by atoms with Crippen LogP contribution in [0, 0.1) is 32.4 Å². The van der Waals surface area contributed by atoms with E-state index in [-0.39, 0.29) is 11.4 Å². The summed E-state index contributed by atoms with van der Waals surface area (Å²) in [5.74, 6) is -2.01. The predicted octanol–water partition coefficient (Wildman–Crippen LogP) is 3.60. The van der Waals surface area contributed by atoms with Crippen molar-refractivity contribution in [2.45, 2.75) is 25.9 Å². The van der Waals surface area contributed by atoms with Crippen molar-refractivity contribution < 1.29 is 13.6 Å². The van der Waals surface area contributed by atoms with Gasteiger partial charge in [-0.2, -0.15) is 4.68 Å². The fourth-order valence-electron chi connectivity index (χ4n) is 2.82. The van der Waals surface area contributed by atoms with E-state index >= 15 is 0 Å². The van der Waals surface area contributed by atoms with E-state index in [2.05, 4.69) is 20.8 Å². The van der Waals surface area contributed by atoms with E-state index in [1.54, 1.807) is 4.68 Å². The lowest BCUT2D eigenvalue weighted by Gasteiger charge is -2.12. The number of halogens is 2. The summed E-state index contributed by atoms with van der Waals surface area (Å²) in [5, 5.41) is 14.5. The van der Waals surface area contributed by atoms with Crippen molar-refractivity contribution in [3.05, 3.63) is 58.7 Å². The number of nitrogens with zero attached hydrogens (tertiary/aromatic N) is 4. The van der Waals surface area contributed by atoms with E-state index in [0.29, 0.717) is 11.2 Å². The Labute approximate surface area is 159 Å². The van der Waals surface area contributed by atoms with Gasteiger partial charge in [-0.3, -0.25) is 4.79 Å². The van der Waals surface area contributed by atoms with Crippen LogP contribution in [0.4, 0.5) is 14.5 Å².